The fourth-order valence-electron chi connectivity index (χ4n) is 4.26. The summed E-state index contributed by atoms with van der Waals surface area (Å²) >= 11 is 11.9. The van der Waals surface area contributed by atoms with Crippen molar-refractivity contribution in [2.45, 2.75) is 37.5 Å². The lowest BCUT2D eigenvalue weighted by molar-refractivity contribution is -0.132. The lowest BCUT2D eigenvalue weighted by Crippen LogP contribution is -2.51. The van der Waals surface area contributed by atoms with Crippen LogP contribution in [0.4, 0.5) is 0 Å². The lowest BCUT2D eigenvalue weighted by Gasteiger charge is -2.38. The molecule has 182 valence electrons. The molecule has 2 heterocycles. The molecule has 2 amide bonds. The van der Waals surface area contributed by atoms with Crippen molar-refractivity contribution >= 4 is 41.1 Å². The van der Waals surface area contributed by atoms with Crippen LogP contribution in [-0.2, 0) is 9.59 Å². The van der Waals surface area contributed by atoms with Crippen molar-refractivity contribution in [3.8, 4) is 0 Å². The Hall–Kier alpha value is -1.68. The third-order valence-electron chi connectivity index (χ3n) is 6.16. The van der Waals surface area contributed by atoms with E-state index in [0.717, 1.165) is 5.56 Å². The van der Waals surface area contributed by atoms with Gasteiger partial charge in [0.1, 0.15) is 0 Å². The average Bonchev–Trinajstić information content (AvgIpc) is 2.97. The van der Waals surface area contributed by atoms with Crippen LogP contribution in [0.15, 0.2) is 24.3 Å². The first-order chi connectivity index (χ1) is 15.8. The number of aliphatic hydroxyl groups is 3. The van der Waals surface area contributed by atoms with Gasteiger partial charge in [0, 0.05) is 57.8 Å². The van der Waals surface area contributed by atoms with Crippen LogP contribution in [0.5, 0.6) is 0 Å². The fraction of sp³-hybridized carbons (Fsp3) is 0.565. The van der Waals surface area contributed by atoms with E-state index >= 15 is 0 Å². The minimum absolute atomic E-state index is 0.0841. The molecule has 0 aromatic heterocycles. The maximum absolute atomic E-state index is 12.6. The predicted octanol–water partition coefficient (Wildman–Crippen LogP) is 1.25. The zero-order valence-electron chi connectivity index (χ0n) is 18.4. The summed E-state index contributed by atoms with van der Waals surface area (Å²) < 4.78 is 0. The summed E-state index contributed by atoms with van der Waals surface area (Å²) in [5.41, 5.74) is 0.750. The van der Waals surface area contributed by atoms with Crippen molar-refractivity contribution in [2.24, 2.45) is 0 Å². The smallest absolute Gasteiger partial charge is 0.246 e. The van der Waals surface area contributed by atoms with Gasteiger partial charge in [-0.1, -0.05) is 29.3 Å². The van der Waals surface area contributed by atoms with Crippen LogP contribution in [0, 0.1) is 0 Å². The Labute approximate surface area is 204 Å². The van der Waals surface area contributed by atoms with E-state index in [-0.39, 0.29) is 37.4 Å². The normalized spacial score (nSPS) is 23.7. The fourth-order valence-corrected chi connectivity index (χ4v) is 4.57. The molecule has 0 radical (unpaired) electrons. The summed E-state index contributed by atoms with van der Waals surface area (Å²) in [6.45, 7) is 2.01. The Morgan fingerprint density at radius 3 is 2.67 bits per heavy atom. The topological polar surface area (TPSA) is 105 Å². The summed E-state index contributed by atoms with van der Waals surface area (Å²) in [6, 6.07) is 4.90. The van der Waals surface area contributed by atoms with Gasteiger partial charge in [0.2, 0.25) is 11.8 Å². The van der Waals surface area contributed by atoms with Crippen LogP contribution in [0.25, 0.3) is 6.08 Å². The van der Waals surface area contributed by atoms with Crippen LogP contribution in [0.3, 0.4) is 0 Å². The van der Waals surface area contributed by atoms with Gasteiger partial charge >= 0.3 is 0 Å². The van der Waals surface area contributed by atoms with E-state index in [1.54, 1.807) is 34.1 Å². The Bertz CT molecular complexity index is 868. The van der Waals surface area contributed by atoms with E-state index < -0.39 is 12.2 Å². The number of halogens is 2. The molecule has 2 saturated heterocycles. The molecule has 1 unspecified atom stereocenters. The van der Waals surface area contributed by atoms with Crippen LogP contribution in [0.1, 0.15) is 24.8 Å². The molecule has 2 aliphatic heterocycles. The molecule has 0 aliphatic carbocycles. The number of rotatable bonds is 7. The second-order valence-electron chi connectivity index (χ2n) is 8.59. The van der Waals surface area contributed by atoms with Crippen molar-refractivity contribution in [2.75, 3.05) is 45.9 Å². The zero-order chi connectivity index (χ0) is 24.0. The highest BCUT2D eigenvalue weighted by molar-refractivity contribution is 6.42. The molecule has 8 nitrogen and oxygen atoms in total. The van der Waals surface area contributed by atoms with E-state index in [0.29, 0.717) is 55.6 Å². The molecule has 0 bridgehead atoms. The van der Waals surface area contributed by atoms with Crippen molar-refractivity contribution in [3.05, 3.63) is 39.9 Å². The van der Waals surface area contributed by atoms with Crippen molar-refractivity contribution in [3.63, 3.8) is 0 Å². The van der Waals surface area contributed by atoms with Gasteiger partial charge in [-0.15, -0.1) is 0 Å². The van der Waals surface area contributed by atoms with Crippen molar-refractivity contribution in [1.82, 2.24) is 14.7 Å². The Morgan fingerprint density at radius 1 is 1.15 bits per heavy atom. The van der Waals surface area contributed by atoms with E-state index in [1.165, 1.54) is 6.08 Å². The third kappa shape index (κ3) is 7.40. The first-order valence-corrected chi connectivity index (χ1v) is 11.9. The van der Waals surface area contributed by atoms with E-state index in [4.69, 9.17) is 23.2 Å². The van der Waals surface area contributed by atoms with Crippen molar-refractivity contribution < 1.29 is 24.9 Å². The van der Waals surface area contributed by atoms with E-state index in [1.807, 2.05) is 4.90 Å². The highest BCUT2D eigenvalue weighted by atomic mass is 35.5. The monoisotopic (exact) mass is 499 g/mol. The molecule has 1 aromatic rings. The SMILES string of the molecule is O=C(/C=C/c1ccc(Cl)c(Cl)c1)N1CCC(=O)N(CC(O)CN2CC[C@@H](O)C[C@@H]2CO)CC1. The number of piperidine rings is 1. The second kappa shape index (κ2) is 12.1. The molecule has 1 aromatic carbocycles. The summed E-state index contributed by atoms with van der Waals surface area (Å²) in [4.78, 5) is 30.4. The number of amides is 2. The number of hydrogen-bond acceptors (Lipinski definition) is 6. The molecular formula is C23H31Cl2N3O5. The number of hydrogen-bond donors (Lipinski definition) is 3. The molecule has 3 atom stereocenters. The summed E-state index contributed by atoms with van der Waals surface area (Å²) in [5.74, 6) is -0.306. The van der Waals surface area contributed by atoms with Gasteiger partial charge in [-0.05, 0) is 36.6 Å². The average molecular weight is 500 g/mol. The summed E-state index contributed by atoms with van der Waals surface area (Å²) in [7, 11) is 0. The minimum atomic E-state index is -0.782. The molecule has 33 heavy (non-hydrogen) atoms. The van der Waals surface area contributed by atoms with Gasteiger partial charge in [-0.25, -0.2) is 0 Å². The second-order valence-corrected chi connectivity index (χ2v) is 9.40. The van der Waals surface area contributed by atoms with Crippen LogP contribution in [-0.4, -0.2) is 106 Å². The van der Waals surface area contributed by atoms with Crippen molar-refractivity contribution in [1.29, 1.82) is 0 Å². The molecule has 0 saturated carbocycles. The zero-order valence-corrected chi connectivity index (χ0v) is 20.0. The molecule has 2 aliphatic rings. The van der Waals surface area contributed by atoms with Gasteiger partial charge in [0.25, 0.3) is 0 Å². The first-order valence-electron chi connectivity index (χ1n) is 11.2. The van der Waals surface area contributed by atoms with E-state index in [9.17, 15) is 24.9 Å². The van der Waals surface area contributed by atoms with Gasteiger partial charge in [0.15, 0.2) is 0 Å². The quantitative estimate of drug-likeness (QED) is 0.487. The maximum Gasteiger partial charge on any atom is 0.246 e. The predicted molar refractivity (Wildman–Crippen MR) is 127 cm³/mol. The first kappa shape index (κ1) is 25.9. The van der Waals surface area contributed by atoms with E-state index in [2.05, 4.69) is 0 Å². The molecule has 2 fully saturated rings. The van der Waals surface area contributed by atoms with Gasteiger partial charge < -0.3 is 25.1 Å². The number of likely N-dealkylation sites (tertiary alicyclic amines) is 1. The Morgan fingerprint density at radius 2 is 1.94 bits per heavy atom. The number of aliphatic hydroxyl groups excluding tert-OH is 3. The number of carbonyl (C=O) groups is 2. The van der Waals surface area contributed by atoms with Crippen LogP contribution >= 0.6 is 23.2 Å². The largest absolute Gasteiger partial charge is 0.395 e. The van der Waals surface area contributed by atoms with Crippen LogP contribution < -0.4 is 0 Å². The molecule has 10 heteroatoms. The van der Waals surface area contributed by atoms with Gasteiger partial charge in [0.05, 0.1) is 28.9 Å². The number of benzene rings is 1. The third-order valence-corrected chi connectivity index (χ3v) is 6.90. The standard InChI is InChI=1S/C23H31Cl2N3O5/c24-20-3-1-16(11-21(20)25)2-4-22(32)26-8-6-23(33)28(10-9-26)14-19(31)13-27-7-5-18(30)12-17(27)15-29/h1-4,11,17-19,29-31H,5-10,12-15H2/b4-2+/t17-,18-,19?/m1/s1. The Balaban J connectivity index is 1.51. The maximum atomic E-state index is 12.6. The minimum Gasteiger partial charge on any atom is -0.395 e. The Kier molecular flexibility index (Phi) is 9.55. The number of β-amino-alcohol motifs (C(OH)–C–C–N with tert-alkyl or cyclic N) is 1. The molecule has 3 N–H and O–H groups in total. The number of carbonyl (C=O) groups excluding carboxylic acids is 2. The van der Waals surface area contributed by atoms with Gasteiger partial charge in [-0.2, -0.15) is 0 Å². The molecule has 3 rings (SSSR count). The molecule has 0 spiro atoms. The highest BCUT2D eigenvalue weighted by Crippen LogP contribution is 2.23. The van der Waals surface area contributed by atoms with Crippen LogP contribution in [0.2, 0.25) is 10.0 Å². The highest BCUT2D eigenvalue weighted by Gasteiger charge is 2.30. The van der Waals surface area contributed by atoms with Gasteiger partial charge in [-0.3, -0.25) is 14.5 Å². The number of nitrogens with zero attached hydrogens (tertiary/aromatic N) is 3. The lowest BCUT2D eigenvalue weighted by atomic mass is 9.99. The summed E-state index contributed by atoms with van der Waals surface area (Å²) in [5, 5.41) is 30.8. The summed E-state index contributed by atoms with van der Waals surface area (Å²) in [6.07, 6.45) is 3.15. The molecular weight excluding hydrogens is 469 g/mol.